The van der Waals surface area contributed by atoms with E-state index < -0.39 is 0 Å². The molecule has 3 aromatic rings. The van der Waals surface area contributed by atoms with Crippen LogP contribution in [0.4, 0.5) is 11.5 Å². The molecule has 27 heavy (non-hydrogen) atoms. The minimum Gasteiger partial charge on any atom is -0.320 e. The first kappa shape index (κ1) is 17.6. The van der Waals surface area contributed by atoms with Crippen molar-refractivity contribution in [1.82, 2.24) is 9.97 Å². The lowest BCUT2D eigenvalue weighted by Gasteiger charge is -2.10. The highest BCUT2D eigenvalue weighted by Gasteiger charge is 2.27. The highest BCUT2D eigenvalue weighted by atomic mass is 35.5. The Labute approximate surface area is 164 Å². The lowest BCUT2D eigenvalue weighted by molar-refractivity contribution is 0.102. The second-order valence-corrected chi connectivity index (χ2v) is 7.65. The van der Waals surface area contributed by atoms with Crippen LogP contribution in [0.1, 0.15) is 43.8 Å². The molecule has 4 rings (SSSR count). The largest absolute Gasteiger partial charge is 0.320 e. The molecule has 1 fully saturated rings. The number of rotatable bonds is 5. The third kappa shape index (κ3) is 4.15. The van der Waals surface area contributed by atoms with E-state index in [1.165, 1.54) is 17.5 Å². The Kier molecular flexibility index (Phi) is 4.87. The summed E-state index contributed by atoms with van der Waals surface area (Å²) in [6.45, 7) is 0. The molecular weight excluding hydrogens is 384 g/mol. The van der Waals surface area contributed by atoms with E-state index in [9.17, 15) is 9.59 Å². The molecule has 0 aliphatic heterocycles. The zero-order valence-corrected chi connectivity index (χ0v) is 15.7. The fourth-order valence-corrected chi connectivity index (χ4v) is 3.61. The minimum absolute atomic E-state index is 0.274. The van der Waals surface area contributed by atoms with Crippen molar-refractivity contribution in [2.24, 2.45) is 0 Å². The molecule has 1 aliphatic rings. The zero-order valence-electron chi connectivity index (χ0n) is 14.1. The summed E-state index contributed by atoms with van der Waals surface area (Å²) in [5.74, 6) is 0.233. The van der Waals surface area contributed by atoms with Gasteiger partial charge in [0.1, 0.15) is 10.7 Å². The van der Waals surface area contributed by atoms with Crippen molar-refractivity contribution >= 4 is 46.3 Å². The number of nitrogens with one attached hydrogen (secondary N) is 2. The number of amides is 2. The first-order chi connectivity index (χ1) is 13.1. The quantitative estimate of drug-likeness (QED) is 0.659. The average Bonchev–Trinajstić information content (AvgIpc) is 3.40. The fourth-order valence-electron chi connectivity index (χ4n) is 2.52. The molecule has 1 aliphatic carbocycles. The topological polar surface area (TPSA) is 84.0 Å². The molecule has 2 N–H and O–H groups in total. The van der Waals surface area contributed by atoms with Crippen molar-refractivity contribution in [2.75, 3.05) is 10.6 Å². The predicted octanol–water partition coefficient (Wildman–Crippen LogP) is 4.57. The molecule has 0 atom stereocenters. The van der Waals surface area contributed by atoms with Gasteiger partial charge in [-0.2, -0.15) is 0 Å². The summed E-state index contributed by atoms with van der Waals surface area (Å²) < 4.78 is 0. The number of pyridine rings is 1. The SMILES string of the molecule is O=C(Nc1ccccc1C(=O)Nc1ccc(Cl)cn1)c1cnc(C2CC2)s1. The van der Waals surface area contributed by atoms with Gasteiger partial charge in [-0.15, -0.1) is 11.3 Å². The third-order valence-electron chi connectivity index (χ3n) is 4.06. The number of hydrogen-bond donors (Lipinski definition) is 2. The van der Waals surface area contributed by atoms with Crippen LogP contribution in [0.2, 0.25) is 5.02 Å². The molecule has 136 valence electrons. The van der Waals surface area contributed by atoms with Gasteiger partial charge >= 0.3 is 0 Å². The Morgan fingerprint density at radius 2 is 1.81 bits per heavy atom. The maximum Gasteiger partial charge on any atom is 0.267 e. The number of carbonyl (C=O) groups is 2. The molecule has 0 saturated heterocycles. The lowest BCUT2D eigenvalue weighted by atomic mass is 10.1. The van der Waals surface area contributed by atoms with E-state index >= 15 is 0 Å². The van der Waals surface area contributed by atoms with Gasteiger partial charge in [0.2, 0.25) is 0 Å². The molecule has 2 aromatic heterocycles. The first-order valence-corrected chi connectivity index (χ1v) is 9.58. The molecule has 1 aromatic carbocycles. The highest BCUT2D eigenvalue weighted by molar-refractivity contribution is 7.13. The Hall–Kier alpha value is -2.77. The normalized spacial score (nSPS) is 13.2. The summed E-state index contributed by atoms with van der Waals surface area (Å²) in [4.78, 5) is 34.0. The summed E-state index contributed by atoms with van der Waals surface area (Å²) in [6.07, 6.45) is 5.31. The highest BCUT2D eigenvalue weighted by Crippen LogP contribution is 2.41. The predicted molar refractivity (Wildman–Crippen MR) is 106 cm³/mol. The summed E-state index contributed by atoms with van der Waals surface area (Å²) in [5, 5.41) is 6.98. The van der Waals surface area contributed by atoms with Gasteiger partial charge in [0.15, 0.2) is 0 Å². The lowest BCUT2D eigenvalue weighted by Crippen LogP contribution is -2.18. The Morgan fingerprint density at radius 1 is 1.00 bits per heavy atom. The van der Waals surface area contributed by atoms with E-state index in [0.29, 0.717) is 32.9 Å². The molecular formula is C19H15ClN4O2S. The smallest absolute Gasteiger partial charge is 0.267 e. The number of halogens is 1. The van der Waals surface area contributed by atoms with Gasteiger partial charge in [0.25, 0.3) is 11.8 Å². The molecule has 8 heteroatoms. The number of hydrogen-bond acceptors (Lipinski definition) is 5. The van der Waals surface area contributed by atoms with Crippen LogP contribution < -0.4 is 10.6 Å². The van der Waals surface area contributed by atoms with E-state index in [1.807, 2.05) is 0 Å². The molecule has 0 bridgehead atoms. The van der Waals surface area contributed by atoms with Crippen molar-refractivity contribution in [3.8, 4) is 0 Å². The summed E-state index contributed by atoms with van der Waals surface area (Å²) in [6, 6.07) is 10.1. The van der Waals surface area contributed by atoms with Crippen LogP contribution in [0.15, 0.2) is 48.8 Å². The second-order valence-electron chi connectivity index (χ2n) is 6.15. The summed E-state index contributed by atoms with van der Waals surface area (Å²) in [7, 11) is 0. The molecule has 6 nitrogen and oxygen atoms in total. The Balaban J connectivity index is 1.50. The molecule has 0 spiro atoms. The van der Waals surface area contributed by atoms with Crippen LogP contribution in [0.25, 0.3) is 0 Å². The standard InChI is InChI=1S/C19H15ClN4O2S/c20-12-7-8-16(21-9-12)24-17(25)13-3-1-2-4-14(13)23-18(26)15-10-22-19(27-15)11-5-6-11/h1-4,7-11H,5-6H2,(H,23,26)(H,21,24,25). The number of anilines is 2. The second kappa shape index (κ2) is 7.46. The minimum atomic E-state index is -0.372. The van der Waals surface area contributed by atoms with Crippen molar-refractivity contribution < 1.29 is 9.59 Å². The number of carbonyl (C=O) groups excluding carboxylic acids is 2. The molecule has 0 radical (unpaired) electrons. The first-order valence-electron chi connectivity index (χ1n) is 8.39. The summed E-state index contributed by atoms with van der Waals surface area (Å²) >= 11 is 7.21. The molecule has 2 heterocycles. The van der Waals surface area contributed by atoms with Gasteiger partial charge in [-0.25, -0.2) is 9.97 Å². The maximum atomic E-state index is 12.6. The van der Waals surface area contributed by atoms with Crippen LogP contribution in [-0.4, -0.2) is 21.8 Å². The fraction of sp³-hybridized carbons (Fsp3) is 0.158. The van der Waals surface area contributed by atoms with E-state index in [0.717, 1.165) is 17.8 Å². The Morgan fingerprint density at radius 3 is 2.56 bits per heavy atom. The van der Waals surface area contributed by atoms with E-state index in [4.69, 9.17) is 11.6 Å². The van der Waals surface area contributed by atoms with E-state index in [2.05, 4.69) is 20.6 Å². The summed E-state index contributed by atoms with van der Waals surface area (Å²) in [5.41, 5.74) is 0.768. The molecule has 0 unspecified atom stereocenters. The van der Waals surface area contributed by atoms with E-state index in [1.54, 1.807) is 42.6 Å². The third-order valence-corrected chi connectivity index (χ3v) is 5.45. The van der Waals surface area contributed by atoms with Crippen molar-refractivity contribution in [3.63, 3.8) is 0 Å². The number of para-hydroxylation sites is 1. The van der Waals surface area contributed by atoms with Crippen molar-refractivity contribution in [2.45, 2.75) is 18.8 Å². The van der Waals surface area contributed by atoms with Gasteiger partial charge in [-0.1, -0.05) is 23.7 Å². The zero-order chi connectivity index (χ0) is 18.8. The van der Waals surface area contributed by atoms with Crippen LogP contribution in [0, 0.1) is 0 Å². The molecule has 1 saturated carbocycles. The molecule has 2 amide bonds. The van der Waals surface area contributed by atoms with Gasteiger partial charge in [0.05, 0.1) is 27.5 Å². The number of aromatic nitrogens is 2. The van der Waals surface area contributed by atoms with Crippen molar-refractivity contribution in [3.05, 3.63) is 69.3 Å². The monoisotopic (exact) mass is 398 g/mol. The number of nitrogens with zero attached hydrogens (tertiary/aromatic N) is 2. The van der Waals surface area contributed by atoms with Gasteiger partial charge < -0.3 is 10.6 Å². The van der Waals surface area contributed by atoms with Crippen LogP contribution in [0.5, 0.6) is 0 Å². The number of thiazole rings is 1. The van der Waals surface area contributed by atoms with Crippen LogP contribution in [0.3, 0.4) is 0 Å². The Bertz CT molecular complexity index is 999. The van der Waals surface area contributed by atoms with Crippen LogP contribution in [-0.2, 0) is 0 Å². The maximum absolute atomic E-state index is 12.6. The van der Waals surface area contributed by atoms with Crippen molar-refractivity contribution in [1.29, 1.82) is 0 Å². The van der Waals surface area contributed by atoms with Crippen LogP contribution >= 0.6 is 22.9 Å². The van der Waals surface area contributed by atoms with Gasteiger partial charge in [-0.3, -0.25) is 9.59 Å². The van der Waals surface area contributed by atoms with Gasteiger partial charge in [0, 0.05) is 12.1 Å². The number of benzene rings is 1. The average molecular weight is 399 g/mol. The van der Waals surface area contributed by atoms with E-state index in [-0.39, 0.29) is 11.8 Å². The van der Waals surface area contributed by atoms with Gasteiger partial charge in [-0.05, 0) is 37.1 Å².